The lowest BCUT2D eigenvalue weighted by Crippen LogP contribution is -2.52. The van der Waals surface area contributed by atoms with Gasteiger partial charge in [0.1, 0.15) is 12.3 Å². The molecule has 0 saturated heterocycles. The highest BCUT2D eigenvalue weighted by Gasteiger charge is 2.49. The van der Waals surface area contributed by atoms with E-state index in [2.05, 4.69) is 0 Å². The molecular weight excluding hydrogens is 211 g/mol. The van der Waals surface area contributed by atoms with Crippen LogP contribution < -0.4 is 5.73 Å². The van der Waals surface area contributed by atoms with Crippen molar-refractivity contribution in [1.29, 1.82) is 0 Å². The molecule has 1 atom stereocenters. The van der Waals surface area contributed by atoms with E-state index in [4.69, 9.17) is 10.5 Å². The van der Waals surface area contributed by atoms with Crippen LogP contribution in [0.15, 0.2) is 0 Å². The van der Waals surface area contributed by atoms with Crippen molar-refractivity contribution in [3.63, 3.8) is 0 Å². The largest absolute Gasteiger partial charge is 0.444 e. The first-order chi connectivity index (χ1) is 7.19. The van der Waals surface area contributed by atoms with Crippen molar-refractivity contribution in [2.24, 2.45) is 5.73 Å². The van der Waals surface area contributed by atoms with Gasteiger partial charge in [-0.15, -0.1) is 0 Å². The molecule has 1 fully saturated rings. The molecule has 1 saturated carbocycles. The Morgan fingerprint density at radius 1 is 1.56 bits per heavy atom. The summed E-state index contributed by atoms with van der Waals surface area (Å²) in [6.07, 6.45) is 0.996. The minimum atomic E-state index is -0.633. The van der Waals surface area contributed by atoms with Crippen molar-refractivity contribution in [3.05, 3.63) is 0 Å². The molecular formula is C11H21FN2O2. The molecule has 2 N–H and O–H groups in total. The summed E-state index contributed by atoms with van der Waals surface area (Å²) >= 11 is 0. The van der Waals surface area contributed by atoms with E-state index in [9.17, 15) is 9.18 Å². The molecule has 0 aromatic carbocycles. The van der Waals surface area contributed by atoms with Crippen LogP contribution in [-0.2, 0) is 4.74 Å². The summed E-state index contributed by atoms with van der Waals surface area (Å²) in [6.45, 7) is 4.70. The molecule has 0 aliphatic heterocycles. The Morgan fingerprint density at radius 2 is 2.06 bits per heavy atom. The fourth-order valence-electron chi connectivity index (χ4n) is 1.58. The van der Waals surface area contributed by atoms with E-state index in [-0.39, 0.29) is 0 Å². The number of alkyl halides is 1. The SMILES string of the molecule is CN(C(=O)OC(C)(C)C)C(CF)C1(N)CC1. The molecule has 1 aliphatic rings. The zero-order valence-corrected chi connectivity index (χ0v) is 10.4. The van der Waals surface area contributed by atoms with Gasteiger partial charge in [-0.05, 0) is 33.6 Å². The lowest BCUT2D eigenvalue weighted by molar-refractivity contribution is 0.0160. The van der Waals surface area contributed by atoms with Crippen molar-refractivity contribution in [3.8, 4) is 0 Å². The van der Waals surface area contributed by atoms with Crippen LogP contribution >= 0.6 is 0 Å². The van der Waals surface area contributed by atoms with Crippen molar-refractivity contribution >= 4 is 6.09 Å². The lowest BCUT2D eigenvalue weighted by Gasteiger charge is -2.32. The van der Waals surface area contributed by atoms with Crippen LogP contribution in [0.25, 0.3) is 0 Å². The molecule has 1 aliphatic carbocycles. The number of carbonyl (C=O) groups is 1. The number of hydrogen-bond acceptors (Lipinski definition) is 3. The zero-order chi connectivity index (χ0) is 12.6. The van der Waals surface area contributed by atoms with Crippen LogP contribution in [0, 0.1) is 0 Å². The summed E-state index contributed by atoms with van der Waals surface area (Å²) < 4.78 is 18.1. The Bertz CT molecular complexity index is 272. The van der Waals surface area contributed by atoms with Gasteiger partial charge in [-0.2, -0.15) is 0 Å². The van der Waals surface area contributed by atoms with Gasteiger partial charge in [0.05, 0.1) is 6.04 Å². The molecule has 0 spiro atoms. The fourth-order valence-corrected chi connectivity index (χ4v) is 1.58. The number of nitrogens with zero attached hydrogens (tertiary/aromatic N) is 1. The summed E-state index contributed by atoms with van der Waals surface area (Å²) in [5.74, 6) is 0. The molecule has 0 radical (unpaired) electrons. The molecule has 0 aromatic rings. The van der Waals surface area contributed by atoms with Crippen LogP contribution in [0.4, 0.5) is 9.18 Å². The number of amides is 1. The van der Waals surface area contributed by atoms with Gasteiger partial charge in [0.2, 0.25) is 0 Å². The van der Waals surface area contributed by atoms with Crippen LogP contribution in [-0.4, -0.2) is 41.9 Å². The number of hydrogen-bond donors (Lipinski definition) is 1. The topological polar surface area (TPSA) is 55.6 Å². The first-order valence-electron chi connectivity index (χ1n) is 5.50. The first kappa shape index (κ1) is 13.2. The van der Waals surface area contributed by atoms with E-state index in [1.807, 2.05) is 0 Å². The standard InChI is InChI=1S/C11H21FN2O2/c1-10(2,3)16-9(15)14(4)8(7-12)11(13)5-6-11/h8H,5-7,13H2,1-4H3. The Hall–Kier alpha value is -0.840. The van der Waals surface area contributed by atoms with Crippen LogP contribution in [0.1, 0.15) is 33.6 Å². The van der Waals surface area contributed by atoms with Crippen molar-refractivity contribution in [1.82, 2.24) is 4.90 Å². The normalized spacial score (nSPS) is 20.1. The second kappa shape index (κ2) is 4.20. The maximum absolute atomic E-state index is 12.9. The molecule has 1 amide bonds. The van der Waals surface area contributed by atoms with E-state index in [0.29, 0.717) is 0 Å². The Labute approximate surface area is 95.9 Å². The molecule has 1 rings (SSSR count). The third-order valence-electron chi connectivity index (χ3n) is 2.79. The van der Waals surface area contributed by atoms with Crippen molar-refractivity contribution in [2.45, 2.75) is 50.8 Å². The highest BCUT2D eigenvalue weighted by molar-refractivity contribution is 5.68. The number of carbonyl (C=O) groups excluding carboxylic acids is 1. The minimum Gasteiger partial charge on any atom is -0.444 e. The van der Waals surface area contributed by atoms with Crippen LogP contribution in [0.2, 0.25) is 0 Å². The van der Waals surface area contributed by atoms with Gasteiger partial charge in [-0.25, -0.2) is 9.18 Å². The van der Waals surface area contributed by atoms with Gasteiger partial charge in [-0.1, -0.05) is 0 Å². The molecule has 5 heteroatoms. The third kappa shape index (κ3) is 3.07. The lowest BCUT2D eigenvalue weighted by atomic mass is 10.1. The number of likely N-dealkylation sites (N-methyl/N-ethyl adjacent to an activating group) is 1. The molecule has 1 unspecified atom stereocenters. The fraction of sp³-hybridized carbons (Fsp3) is 0.909. The molecule has 4 nitrogen and oxygen atoms in total. The zero-order valence-electron chi connectivity index (χ0n) is 10.4. The summed E-state index contributed by atoms with van der Waals surface area (Å²) in [4.78, 5) is 13.0. The molecule has 16 heavy (non-hydrogen) atoms. The first-order valence-corrected chi connectivity index (χ1v) is 5.50. The second-order valence-corrected chi connectivity index (χ2v) is 5.49. The molecule has 0 heterocycles. The molecule has 0 bridgehead atoms. The van der Waals surface area contributed by atoms with E-state index >= 15 is 0 Å². The van der Waals surface area contributed by atoms with Crippen LogP contribution in [0.5, 0.6) is 0 Å². The maximum atomic E-state index is 12.9. The van der Waals surface area contributed by atoms with Crippen molar-refractivity contribution in [2.75, 3.05) is 13.7 Å². The average Bonchev–Trinajstić information content (AvgIpc) is 2.82. The number of rotatable bonds is 3. The van der Waals surface area contributed by atoms with E-state index in [0.717, 1.165) is 12.8 Å². The van der Waals surface area contributed by atoms with Gasteiger partial charge in [0.25, 0.3) is 0 Å². The summed E-state index contributed by atoms with van der Waals surface area (Å²) in [6, 6.07) is -0.581. The van der Waals surface area contributed by atoms with Crippen LogP contribution in [0.3, 0.4) is 0 Å². The second-order valence-electron chi connectivity index (χ2n) is 5.49. The molecule has 0 aromatic heterocycles. The van der Waals surface area contributed by atoms with Gasteiger partial charge < -0.3 is 15.4 Å². The predicted molar refractivity (Wildman–Crippen MR) is 59.9 cm³/mol. The smallest absolute Gasteiger partial charge is 0.410 e. The number of halogens is 1. The third-order valence-corrected chi connectivity index (χ3v) is 2.79. The van der Waals surface area contributed by atoms with Gasteiger partial charge in [-0.3, -0.25) is 0 Å². The Balaban J connectivity index is 2.61. The van der Waals surface area contributed by atoms with Gasteiger partial charge in [0, 0.05) is 12.6 Å². The van der Waals surface area contributed by atoms with E-state index in [1.165, 1.54) is 11.9 Å². The summed E-state index contributed by atoms with van der Waals surface area (Å²) in [5.41, 5.74) is 4.79. The van der Waals surface area contributed by atoms with E-state index in [1.54, 1.807) is 20.8 Å². The van der Waals surface area contributed by atoms with Gasteiger partial charge in [0.15, 0.2) is 0 Å². The monoisotopic (exact) mass is 232 g/mol. The highest BCUT2D eigenvalue weighted by atomic mass is 19.1. The van der Waals surface area contributed by atoms with Crippen molar-refractivity contribution < 1.29 is 13.9 Å². The molecule has 94 valence electrons. The van der Waals surface area contributed by atoms with E-state index < -0.39 is 29.9 Å². The number of nitrogens with two attached hydrogens (primary N) is 1. The quantitative estimate of drug-likeness (QED) is 0.805. The predicted octanol–water partition coefficient (Wildman–Crippen LogP) is 1.68. The minimum absolute atomic E-state index is 0.521. The maximum Gasteiger partial charge on any atom is 0.410 e. The van der Waals surface area contributed by atoms with Gasteiger partial charge >= 0.3 is 6.09 Å². The Kier molecular flexibility index (Phi) is 3.47. The highest BCUT2D eigenvalue weighted by Crippen LogP contribution is 2.38. The average molecular weight is 232 g/mol. The Morgan fingerprint density at radius 3 is 2.38 bits per heavy atom. The summed E-state index contributed by atoms with van der Waals surface area (Å²) in [5, 5.41) is 0. The summed E-state index contributed by atoms with van der Waals surface area (Å²) in [7, 11) is 1.53. The number of ether oxygens (including phenoxy) is 1.